The number of hydrogen-bond donors (Lipinski definition) is 0. The summed E-state index contributed by atoms with van der Waals surface area (Å²) in [5.74, 6) is -0.375. The first-order chi connectivity index (χ1) is 15.5. The number of carbonyl (C=O) groups is 1. The highest BCUT2D eigenvalue weighted by atomic mass is 16.6. The lowest BCUT2D eigenvalue weighted by atomic mass is 9.98. The Morgan fingerprint density at radius 1 is 1.03 bits per heavy atom. The maximum absolute atomic E-state index is 13.4. The number of benzene rings is 2. The minimum absolute atomic E-state index is 0.00665. The summed E-state index contributed by atoms with van der Waals surface area (Å²) in [7, 11) is 0. The van der Waals surface area contributed by atoms with Gasteiger partial charge in [0.05, 0.1) is 35.1 Å². The number of hydrogen-bond acceptors (Lipinski definition) is 7. The minimum Gasteiger partial charge on any atom is -0.450 e. The standard InChI is InChI=1S/C23H21N3O6/c27-21-17-6-1-2-7-18(17)32-22-19(21)20(15-4-3-5-16(14-15)26(29)30)25(23(22)28)9-8-24-10-12-31-13-11-24/h1-7,14,20H,8-13H2/t20-/m0/s1. The molecular weight excluding hydrogens is 414 g/mol. The Hall–Kier alpha value is -3.56. The molecule has 0 N–H and O–H groups in total. The van der Waals surface area contributed by atoms with Crippen LogP contribution >= 0.6 is 0 Å². The van der Waals surface area contributed by atoms with E-state index in [2.05, 4.69) is 4.90 Å². The fourth-order valence-corrected chi connectivity index (χ4v) is 4.43. The summed E-state index contributed by atoms with van der Waals surface area (Å²) in [4.78, 5) is 41.5. The van der Waals surface area contributed by atoms with Gasteiger partial charge in [0, 0.05) is 38.3 Å². The van der Waals surface area contributed by atoms with Gasteiger partial charge in [0.25, 0.3) is 11.6 Å². The number of fused-ring (bicyclic) bond motifs is 2. The van der Waals surface area contributed by atoms with Crippen molar-refractivity contribution in [2.75, 3.05) is 39.4 Å². The van der Waals surface area contributed by atoms with Crippen molar-refractivity contribution in [1.29, 1.82) is 0 Å². The Kier molecular flexibility index (Phi) is 5.20. The molecule has 2 aliphatic heterocycles. The molecule has 164 valence electrons. The van der Waals surface area contributed by atoms with E-state index < -0.39 is 11.0 Å². The van der Waals surface area contributed by atoms with Crippen molar-refractivity contribution in [1.82, 2.24) is 9.80 Å². The molecule has 1 amide bonds. The van der Waals surface area contributed by atoms with Gasteiger partial charge < -0.3 is 14.1 Å². The number of carbonyl (C=O) groups excluding carboxylic acids is 1. The zero-order valence-electron chi connectivity index (χ0n) is 17.2. The number of nitrogens with zero attached hydrogens (tertiary/aromatic N) is 3. The van der Waals surface area contributed by atoms with Crippen LogP contribution in [-0.2, 0) is 4.74 Å². The van der Waals surface area contributed by atoms with Crippen LogP contribution < -0.4 is 5.43 Å². The molecule has 0 spiro atoms. The SMILES string of the molecule is O=C1c2oc3ccccc3c(=O)c2[C@H](c2cccc([N+](=O)[O-])c2)N1CCN1CCOCC1. The molecule has 5 rings (SSSR count). The molecule has 9 heteroatoms. The van der Waals surface area contributed by atoms with Gasteiger partial charge >= 0.3 is 0 Å². The molecule has 3 aromatic rings. The average molecular weight is 435 g/mol. The van der Waals surface area contributed by atoms with Crippen LogP contribution in [0.15, 0.2) is 57.7 Å². The summed E-state index contributed by atoms with van der Waals surface area (Å²) >= 11 is 0. The number of nitro groups is 1. The van der Waals surface area contributed by atoms with E-state index in [1.165, 1.54) is 12.1 Å². The van der Waals surface area contributed by atoms with Crippen molar-refractivity contribution in [2.45, 2.75) is 6.04 Å². The van der Waals surface area contributed by atoms with Crippen LogP contribution in [0.25, 0.3) is 11.0 Å². The molecule has 1 fully saturated rings. The van der Waals surface area contributed by atoms with E-state index in [1.54, 1.807) is 41.3 Å². The van der Waals surface area contributed by atoms with Crippen molar-refractivity contribution in [3.8, 4) is 0 Å². The third-order valence-corrected chi connectivity index (χ3v) is 6.03. The van der Waals surface area contributed by atoms with Crippen molar-refractivity contribution >= 4 is 22.6 Å². The number of nitro benzene ring substituents is 1. The summed E-state index contributed by atoms with van der Waals surface area (Å²) < 4.78 is 11.3. The van der Waals surface area contributed by atoms with Crippen molar-refractivity contribution in [3.05, 3.63) is 85.8 Å². The molecule has 0 aliphatic carbocycles. The molecule has 9 nitrogen and oxygen atoms in total. The monoisotopic (exact) mass is 435 g/mol. The first kappa shape index (κ1) is 20.3. The number of amides is 1. The Bertz CT molecular complexity index is 1260. The largest absolute Gasteiger partial charge is 0.450 e. The van der Waals surface area contributed by atoms with Gasteiger partial charge in [0.2, 0.25) is 5.76 Å². The second-order valence-electron chi connectivity index (χ2n) is 7.88. The molecule has 2 aromatic carbocycles. The molecule has 0 bridgehead atoms. The molecule has 1 atom stereocenters. The van der Waals surface area contributed by atoms with Crippen LogP contribution in [0.5, 0.6) is 0 Å². The normalized spacial score (nSPS) is 18.8. The first-order valence-electron chi connectivity index (χ1n) is 10.5. The van der Waals surface area contributed by atoms with Crippen LogP contribution in [0.1, 0.15) is 27.7 Å². The summed E-state index contributed by atoms with van der Waals surface area (Å²) in [5.41, 5.74) is 0.701. The highest BCUT2D eigenvalue weighted by Gasteiger charge is 2.43. The maximum atomic E-state index is 13.4. The summed E-state index contributed by atoms with van der Waals surface area (Å²) in [5, 5.41) is 11.7. The van der Waals surface area contributed by atoms with E-state index in [1.807, 2.05) is 0 Å². The fraction of sp³-hybridized carbons (Fsp3) is 0.304. The lowest BCUT2D eigenvalue weighted by molar-refractivity contribution is -0.384. The van der Waals surface area contributed by atoms with E-state index in [-0.39, 0.29) is 28.3 Å². The van der Waals surface area contributed by atoms with Gasteiger partial charge in [-0.3, -0.25) is 24.6 Å². The number of morpholine rings is 1. The van der Waals surface area contributed by atoms with Crippen LogP contribution in [0.4, 0.5) is 5.69 Å². The van der Waals surface area contributed by atoms with Crippen molar-refractivity contribution < 1.29 is 18.9 Å². The Morgan fingerprint density at radius 3 is 2.59 bits per heavy atom. The van der Waals surface area contributed by atoms with Gasteiger partial charge in [0.15, 0.2) is 5.43 Å². The van der Waals surface area contributed by atoms with Gasteiger partial charge in [-0.25, -0.2) is 0 Å². The second-order valence-corrected chi connectivity index (χ2v) is 7.88. The predicted octanol–water partition coefficient (Wildman–Crippen LogP) is 2.58. The third kappa shape index (κ3) is 3.45. The number of rotatable bonds is 5. The molecule has 3 heterocycles. The molecular formula is C23H21N3O6. The van der Waals surface area contributed by atoms with Crippen LogP contribution in [-0.4, -0.2) is 60.0 Å². The smallest absolute Gasteiger partial charge is 0.290 e. The summed E-state index contributed by atoms with van der Waals surface area (Å²) in [6.07, 6.45) is 0. The molecule has 0 saturated carbocycles. The lowest BCUT2D eigenvalue weighted by Gasteiger charge is -2.31. The zero-order valence-corrected chi connectivity index (χ0v) is 17.2. The Morgan fingerprint density at radius 2 is 1.81 bits per heavy atom. The number of ether oxygens (including phenoxy) is 1. The highest BCUT2D eigenvalue weighted by molar-refractivity contribution is 5.99. The predicted molar refractivity (Wildman–Crippen MR) is 116 cm³/mol. The Balaban J connectivity index is 1.61. The first-order valence-corrected chi connectivity index (χ1v) is 10.5. The molecule has 32 heavy (non-hydrogen) atoms. The van der Waals surface area contributed by atoms with E-state index in [9.17, 15) is 19.7 Å². The molecule has 0 radical (unpaired) electrons. The van der Waals surface area contributed by atoms with Crippen molar-refractivity contribution in [3.63, 3.8) is 0 Å². The van der Waals surface area contributed by atoms with Gasteiger partial charge in [-0.15, -0.1) is 0 Å². The summed E-state index contributed by atoms with van der Waals surface area (Å²) in [6.45, 7) is 3.74. The second kappa shape index (κ2) is 8.18. The Labute approximate surface area is 182 Å². The van der Waals surface area contributed by atoms with Gasteiger partial charge in [0.1, 0.15) is 5.58 Å². The molecule has 2 aliphatic rings. The summed E-state index contributed by atoms with van der Waals surface area (Å²) in [6, 6.07) is 12.1. The van der Waals surface area contributed by atoms with Gasteiger partial charge in [-0.2, -0.15) is 0 Å². The van der Waals surface area contributed by atoms with Crippen LogP contribution in [0.3, 0.4) is 0 Å². The zero-order chi connectivity index (χ0) is 22.2. The molecule has 0 unspecified atom stereocenters. The van der Waals surface area contributed by atoms with Gasteiger partial charge in [-0.1, -0.05) is 24.3 Å². The quantitative estimate of drug-likeness (QED) is 0.448. The number of para-hydroxylation sites is 1. The van der Waals surface area contributed by atoms with Gasteiger partial charge in [-0.05, 0) is 17.7 Å². The van der Waals surface area contributed by atoms with Crippen LogP contribution in [0.2, 0.25) is 0 Å². The number of non-ortho nitro benzene ring substituents is 1. The molecule has 1 saturated heterocycles. The third-order valence-electron chi connectivity index (χ3n) is 6.03. The van der Waals surface area contributed by atoms with E-state index in [0.29, 0.717) is 42.8 Å². The van der Waals surface area contributed by atoms with E-state index in [4.69, 9.17) is 9.15 Å². The fourth-order valence-electron chi connectivity index (χ4n) is 4.43. The average Bonchev–Trinajstić information content (AvgIpc) is 3.10. The maximum Gasteiger partial charge on any atom is 0.290 e. The topological polar surface area (TPSA) is 106 Å². The minimum atomic E-state index is -0.751. The van der Waals surface area contributed by atoms with E-state index in [0.717, 1.165) is 13.1 Å². The lowest BCUT2D eigenvalue weighted by Crippen LogP contribution is -2.42. The van der Waals surface area contributed by atoms with Crippen molar-refractivity contribution in [2.24, 2.45) is 0 Å². The van der Waals surface area contributed by atoms with Crippen LogP contribution in [0, 0.1) is 10.1 Å². The van der Waals surface area contributed by atoms with E-state index >= 15 is 0 Å². The highest BCUT2D eigenvalue weighted by Crippen LogP contribution is 2.38. The molecule has 1 aromatic heterocycles.